The standard InChI is InChI=1S/C15H23ClN2O2/c1-10(20-8-7-15(2,3)4)14(19)18-13-6-5-11(17)9-12(13)16/h5-6,9-10H,7-8,17H2,1-4H3,(H,18,19). The molecule has 1 atom stereocenters. The summed E-state index contributed by atoms with van der Waals surface area (Å²) in [6, 6.07) is 4.96. The highest BCUT2D eigenvalue weighted by Gasteiger charge is 2.17. The summed E-state index contributed by atoms with van der Waals surface area (Å²) in [6.07, 6.45) is 0.374. The largest absolute Gasteiger partial charge is 0.399 e. The Balaban J connectivity index is 2.49. The molecular weight excluding hydrogens is 276 g/mol. The van der Waals surface area contributed by atoms with Gasteiger partial charge in [0.15, 0.2) is 0 Å². The number of hydrogen-bond donors (Lipinski definition) is 2. The summed E-state index contributed by atoms with van der Waals surface area (Å²) in [6.45, 7) is 8.68. The molecule has 3 N–H and O–H groups in total. The van der Waals surface area contributed by atoms with Gasteiger partial charge in [-0.3, -0.25) is 4.79 Å². The quantitative estimate of drug-likeness (QED) is 0.815. The van der Waals surface area contributed by atoms with Crippen molar-refractivity contribution >= 4 is 28.9 Å². The fraction of sp³-hybridized carbons (Fsp3) is 0.533. The molecule has 0 aliphatic rings. The van der Waals surface area contributed by atoms with E-state index >= 15 is 0 Å². The minimum atomic E-state index is -0.522. The molecule has 0 bridgehead atoms. The molecule has 5 heteroatoms. The monoisotopic (exact) mass is 298 g/mol. The molecule has 112 valence electrons. The van der Waals surface area contributed by atoms with Crippen LogP contribution in [-0.2, 0) is 9.53 Å². The van der Waals surface area contributed by atoms with E-state index in [1.807, 2.05) is 0 Å². The lowest BCUT2D eigenvalue weighted by Crippen LogP contribution is -2.29. The third-order valence-corrected chi connectivity index (χ3v) is 3.15. The Kier molecular flexibility index (Phi) is 5.84. The van der Waals surface area contributed by atoms with Crippen LogP contribution in [0.2, 0.25) is 5.02 Å². The van der Waals surface area contributed by atoms with Crippen molar-refractivity contribution in [2.24, 2.45) is 5.41 Å². The first-order valence-electron chi connectivity index (χ1n) is 6.66. The minimum absolute atomic E-state index is 0.191. The second-order valence-electron chi connectivity index (χ2n) is 6.05. The van der Waals surface area contributed by atoms with Crippen LogP contribution in [0.5, 0.6) is 0 Å². The molecule has 0 saturated carbocycles. The molecule has 20 heavy (non-hydrogen) atoms. The lowest BCUT2D eigenvalue weighted by atomic mass is 9.93. The maximum absolute atomic E-state index is 12.0. The molecule has 0 spiro atoms. The van der Waals surface area contributed by atoms with Crippen molar-refractivity contribution in [2.45, 2.75) is 40.2 Å². The van der Waals surface area contributed by atoms with Gasteiger partial charge in [0.2, 0.25) is 0 Å². The zero-order chi connectivity index (χ0) is 15.3. The predicted molar refractivity (Wildman–Crippen MR) is 84.0 cm³/mol. The van der Waals surface area contributed by atoms with Gasteiger partial charge in [0.25, 0.3) is 5.91 Å². The highest BCUT2D eigenvalue weighted by atomic mass is 35.5. The van der Waals surface area contributed by atoms with Crippen LogP contribution < -0.4 is 11.1 Å². The van der Waals surface area contributed by atoms with Crippen LogP contribution in [0, 0.1) is 5.41 Å². The summed E-state index contributed by atoms with van der Waals surface area (Å²) < 4.78 is 5.54. The number of benzene rings is 1. The SMILES string of the molecule is CC(OCCC(C)(C)C)C(=O)Nc1ccc(N)cc1Cl. The molecule has 0 radical (unpaired) electrons. The van der Waals surface area contributed by atoms with Gasteiger partial charge in [0, 0.05) is 12.3 Å². The van der Waals surface area contributed by atoms with Crippen molar-refractivity contribution in [3.63, 3.8) is 0 Å². The fourth-order valence-electron chi connectivity index (χ4n) is 1.48. The number of ether oxygens (including phenoxy) is 1. The number of nitrogen functional groups attached to an aromatic ring is 1. The topological polar surface area (TPSA) is 64.3 Å². The number of amides is 1. The molecule has 0 aliphatic carbocycles. The summed E-state index contributed by atoms with van der Waals surface area (Å²) >= 11 is 6.01. The summed E-state index contributed by atoms with van der Waals surface area (Å²) in [5.41, 5.74) is 6.89. The zero-order valence-electron chi connectivity index (χ0n) is 12.5. The number of nitrogens with two attached hydrogens (primary N) is 1. The first-order chi connectivity index (χ1) is 9.19. The predicted octanol–water partition coefficient (Wildman–Crippen LogP) is 3.70. The summed E-state index contributed by atoms with van der Waals surface area (Å²) in [5.74, 6) is -0.217. The Morgan fingerprint density at radius 3 is 2.65 bits per heavy atom. The van der Waals surface area contributed by atoms with Crippen molar-refractivity contribution in [3.8, 4) is 0 Å². The van der Waals surface area contributed by atoms with Crippen LogP contribution in [0.15, 0.2) is 18.2 Å². The summed E-state index contributed by atoms with van der Waals surface area (Å²) in [7, 11) is 0. The van der Waals surface area contributed by atoms with E-state index in [2.05, 4.69) is 26.1 Å². The van der Waals surface area contributed by atoms with Gasteiger partial charge in [-0.15, -0.1) is 0 Å². The van der Waals surface area contributed by atoms with E-state index in [0.29, 0.717) is 23.0 Å². The van der Waals surface area contributed by atoms with Crippen LogP contribution in [-0.4, -0.2) is 18.6 Å². The van der Waals surface area contributed by atoms with Gasteiger partial charge in [-0.2, -0.15) is 0 Å². The van der Waals surface area contributed by atoms with E-state index < -0.39 is 6.10 Å². The van der Waals surface area contributed by atoms with Gasteiger partial charge >= 0.3 is 0 Å². The smallest absolute Gasteiger partial charge is 0.253 e. The maximum Gasteiger partial charge on any atom is 0.253 e. The molecule has 0 fully saturated rings. The Morgan fingerprint density at radius 2 is 2.10 bits per heavy atom. The highest BCUT2D eigenvalue weighted by Crippen LogP contribution is 2.24. The van der Waals surface area contributed by atoms with Gasteiger partial charge in [0.1, 0.15) is 6.10 Å². The van der Waals surface area contributed by atoms with E-state index in [1.54, 1.807) is 25.1 Å². The number of halogens is 1. The van der Waals surface area contributed by atoms with E-state index in [1.165, 1.54) is 0 Å². The Morgan fingerprint density at radius 1 is 1.45 bits per heavy atom. The number of carbonyl (C=O) groups is 1. The van der Waals surface area contributed by atoms with Crippen molar-refractivity contribution in [2.75, 3.05) is 17.7 Å². The molecule has 0 heterocycles. The number of carbonyl (C=O) groups excluding carboxylic acids is 1. The molecule has 1 unspecified atom stereocenters. The number of rotatable bonds is 5. The lowest BCUT2D eigenvalue weighted by Gasteiger charge is -2.20. The third kappa shape index (κ3) is 5.80. The Bertz CT molecular complexity index is 469. The van der Waals surface area contributed by atoms with Crippen LogP contribution in [0.3, 0.4) is 0 Å². The maximum atomic E-state index is 12.0. The third-order valence-electron chi connectivity index (χ3n) is 2.84. The molecule has 1 aromatic carbocycles. The molecule has 1 rings (SSSR count). The highest BCUT2D eigenvalue weighted by molar-refractivity contribution is 6.34. The minimum Gasteiger partial charge on any atom is -0.399 e. The molecule has 0 aliphatic heterocycles. The van der Waals surface area contributed by atoms with Gasteiger partial charge in [-0.1, -0.05) is 32.4 Å². The lowest BCUT2D eigenvalue weighted by molar-refractivity contribution is -0.126. The molecule has 0 aromatic heterocycles. The molecule has 1 aromatic rings. The second-order valence-corrected chi connectivity index (χ2v) is 6.46. The van der Waals surface area contributed by atoms with Crippen LogP contribution in [0.1, 0.15) is 34.1 Å². The Labute approximate surface area is 125 Å². The van der Waals surface area contributed by atoms with E-state index in [-0.39, 0.29) is 11.3 Å². The van der Waals surface area contributed by atoms with Crippen molar-refractivity contribution in [3.05, 3.63) is 23.2 Å². The first kappa shape index (κ1) is 16.8. The Hall–Kier alpha value is -1.26. The fourth-order valence-corrected chi connectivity index (χ4v) is 1.72. The van der Waals surface area contributed by atoms with Crippen molar-refractivity contribution in [1.82, 2.24) is 0 Å². The average Bonchev–Trinajstić information content (AvgIpc) is 2.30. The van der Waals surface area contributed by atoms with Gasteiger partial charge in [0.05, 0.1) is 10.7 Å². The average molecular weight is 299 g/mol. The zero-order valence-corrected chi connectivity index (χ0v) is 13.3. The summed E-state index contributed by atoms with van der Waals surface area (Å²) in [4.78, 5) is 12.0. The number of anilines is 2. The first-order valence-corrected chi connectivity index (χ1v) is 7.04. The van der Waals surface area contributed by atoms with Gasteiger partial charge in [-0.25, -0.2) is 0 Å². The van der Waals surface area contributed by atoms with Crippen LogP contribution in [0.4, 0.5) is 11.4 Å². The molecule has 0 saturated heterocycles. The number of nitrogens with one attached hydrogen (secondary N) is 1. The molecule has 4 nitrogen and oxygen atoms in total. The molecule has 1 amide bonds. The normalized spacial score (nSPS) is 13.1. The van der Waals surface area contributed by atoms with Crippen molar-refractivity contribution < 1.29 is 9.53 Å². The molecular formula is C15H23ClN2O2. The van der Waals surface area contributed by atoms with Crippen LogP contribution >= 0.6 is 11.6 Å². The van der Waals surface area contributed by atoms with E-state index in [9.17, 15) is 4.79 Å². The summed E-state index contributed by atoms with van der Waals surface area (Å²) in [5, 5.41) is 3.15. The van der Waals surface area contributed by atoms with E-state index in [4.69, 9.17) is 22.1 Å². The van der Waals surface area contributed by atoms with Crippen molar-refractivity contribution in [1.29, 1.82) is 0 Å². The number of hydrogen-bond acceptors (Lipinski definition) is 3. The second kappa shape index (κ2) is 6.95. The van der Waals surface area contributed by atoms with Gasteiger partial charge in [-0.05, 0) is 37.0 Å². The van der Waals surface area contributed by atoms with Gasteiger partial charge < -0.3 is 15.8 Å². The van der Waals surface area contributed by atoms with Crippen LogP contribution in [0.25, 0.3) is 0 Å². The van der Waals surface area contributed by atoms with E-state index in [0.717, 1.165) is 6.42 Å².